The summed E-state index contributed by atoms with van der Waals surface area (Å²) in [6, 6.07) is 11.4. The van der Waals surface area contributed by atoms with E-state index in [-0.39, 0.29) is 11.5 Å². The maximum atomic E-state index is 12.7. The number of nitrogens with zero attached hydrogens (tertiary/aromatic N) is 3. The molecule has 3 aromatic rings. The molecule has 0 unspecified atom stereocenters. The van der Waals surface area contributed by atoms with E-state index in [1.54, 1.807) is 25.5 Å². The summed E-state index contributed by atoms with van der Waals surface area (Å²) in [5.41, 5.74) is 0.590. The summed E-state index contributed by atoms with van der Waals surface area (Å²) in [7, 11) is 1.58. The van der Waals surface area contributed by atoms with E-state index in [0.717, 1.165) is 23.8 Å². The molecule has 1 aromatic carbocycles. The third-order valence-electron chi connectivity index (χ3n) is 5.09. The van der Waals surface area contributed by atoms with Crippen molar-refractivity contribution in [3.8, 4) is 17.3 Å². The molecule has 0 spiro atoms. The molecule has 0 atom stereocenters. The van der Waals surface area contributed by atoms with Crippen LogP contribution in [0, 0.1) is 0 Å². The number of ether oxygens (including phenoxy) is 1. The monoisotopic (exact) mass is 397 g/mol. The first-order chi connectivity index (χ1) is 13.8. The summed E-state index contributed by atoms with van der Waals surface area (Å²) in [5.74, 6) is 2.34. The van der Waals surface area contributed by atoms with Gasteiger partial charge in [0.2, 0.25) is 5.82 Å². The molecule has 0 N–H and O–H groups in total. The molecular weight excluding hydrogens is 374 g/mol. The van der Waals surface area contributed by atoms with E-state index < -0.39 is 0 Å². The normalized spacial score (nSPS) is 14.9. The first kappa shape index (κ1) is 18.8. The molecule has 1 saturated carbocycles. The van der Waals surface area contributed by atoms with Gasteiger partial charge in [0.25, 0.3) is 0 Å². The number of hydrogen-bond donors (Lipinski definition) is 0. The quantitative estimate of drug-likeness (QED) is 0.411. The maximum absolute atomic E-state index is 12.7. The third-order valence-corrected chi connectivity index (χ3v) is 6.03. The van der Waals surface area contributed by atoms with Crippen LogP contribution < -0.4 is 4.74 Å². The van der Waals surface area contributed by atoms with Crippen LogP contribution in [-0.4, -0.2) is 33.4 Å². The Balaban J connectivity index is 1.58. The number of carbonyl (C=O) groups is 1. The topological polar surface area (TPSA) is 70.2 Å². The van der Waals surface area contributed by atoms with Crippen LogP contribution in [0.15, 0.2) is 52.2 Å². The van der Waals surface area contributed by atoms with E-state index in [0.29, 0.717) is 23.1 Å². The van der Waals surface area contributed by atoms with E-state index in [1.807, 2.05) is 24.3 Å². The Hall–Kier alpha value is -2.54. The number of methoxy groups -OCH3 is 1. The zero-order valence-corrected chi connectivity index (χ0v) is 16.7. The molecule has 0 amide bonds. The summed E-state index contributed by atoms with van der Waals surface area (Å²) >= 11 is 1.42. The van der Waals surface area contributed by atoms with Crippen molar-refractivity contribution < 1.29 is 13.9 Å². The molecule has 0 aliphatic heterocycles. The van der Waals surface area contributed by atoms with Crippen LogP contribution in [0.1, 0.15) is 48.5 Å². The molecule has 1 fully saturated rings. The highest BCUT2D eigenvalue weighted by atomic mass is 32.2. The van der Waals surface area contributed by atoms with Crippen LogP contribution in [0.2, 0.25) is 0 Å². The van der Waals surface area contributed by atoms with Crippen LogP contribution in [0.4, 0.5) is 0 Å². The number of thioether (sulfide) groups is 1. The zero-order valence-electron chi connectivity index (χ0n) is 15.8. The molecule has 0 saturated heterocycles. The van der Waals surface area contributed by atoms with Crippen LogP contribution in [0.5, 0.6) is 5.75 Å². The highest BCUT2D eigenvalue weighted by molar-refractivity contribution is 7.99. The second-order valence-electron chi connectivity index (χ2n) is 6.86. The lowest BCUT2D eigenvalue weighted by atomic mass is 9.95. The van der Waals surface area contributed by atoms with Crippen molar-refractivity contribution >= 4 is 17.5 Å². The molecule has 28 heavy (non-hydrogen) atoms. The minimum Gasteiger partial charge on any atom is -0.496 e. The van der Waals surface area contributed by atoms with Crippen LogP contribution in [0.3, 0.4) is 0 Å². The van der Waals surface area contributed by atoms with Crippen molar-refractivity contribution in [1.29, 1.82) is 0 Å². The van der Waals surface area contributed by atoms with Crippen molar-refractivity contribution in [2.24, 2.45) is 0 Å². The number of furan rings is 1. The Morgan fingerprint density at radius 2 is 2.00 bits per heavy atom. The number of ketones is 1. The summed E-state index contributed by atoms with van der Waals surface area (Å²) in [5, 5.41) is 9.53. The third kappa shape index (κ3) is 3.85. The van der Waals surface area contributed by atoms with Crippen molar-refractivity contribution in [3.63, 3.8) is 0 Å². The summed E-state index contributed by atoms with van der Waals surface area (Å²) in [6.07, 6.45) is 7.51. The minimum atomic E-state index is 0.0141. The van der Waals surface area contributed by atoms with Crippen molar-refractivity contribution in [1.82, 2.24) is 14.8 Å². The maximum Gasteiger partial charge on any atom is 0.200 e. The molecule has 1 aliphatic rings. The predicted molar refractivity (Wildman–Crippen MR) is 108 cm³/mol. The SMILES string of the molecule is COc1ccccc1C(=O)CSc1nnc(-c2ccco2)n1C1CCCCC1. The van der Waals surface area contributed by atoms with Gasteiger partial charge in [0.1, 0.15) is 5.75 Å². The number of para-hydroxylation sites is 1. The standard InChI is InChI=1S/C21H23N3O3S/c1-26-18-11-6-5-10-16(18)17(25)14-28-21-23-22-20(19-12-7-13-27-19)24(21)15-8-3-2-4-9-15/h5-7,10-13,15H,2-4,8-9,14H2,1H3. The molecule has 0 bridgehead atoms. The van der Waals surface area contributed by atoms with Crippen molar-refractivity contribution in [2.75, 3.05) is 12.9 Å². The fourth-order valence-corrected chi connectivity index (χ4v) is 4.59. The summed E-state index contributed by atoms with van der Waals surface area (Å²) in [4.78, 5) is 12.7. The molecule has 7 heteroatoms. The number of benzene rings is 1. The smallest absolute Gasteiger partial charge is 0.200 e. The highest BCUT2D eigenvalue weighted by Crippen LogP contribution is 2.36. The van der Waals surface area contributed by atoms with Crippen LogP contribution in [0.25, 0.3) is 11.6 Å². The van der Waals surface area contributed by atoms with Crippen molar-refractivity contribution in [3.05, 3.63) is 48.2 Å². The Bertz CT molecular complexity index is 930. The zero-order chi connectivity index (χ0) is 19.3. The number of rotatable bonds is 7. The molecular formula is C21H23N3O3S. The molecule has 146 valence electrons. The second-order valence-corrected chi connectivity index (χ2v) is 7.80. The Morgan fingerprint density at radius 1 is 1.18 bits per heavy atom. The molecule has 2 aromatic heterocycles. The van der Waals surface area contributed by atoms with Gasteiger partial charge in [-0.3, -0.25) is 9.36 Å². The van der Waals surface area contributed by atoms with E-state index >= 15 is 0 Å². The van der Waals surface area contributed by atoms with Gasteiger partial charge in [0.15, 0.2) is 16.7 Å². The first-order valence-electron chi connectivity index (χ1n) is 9.55. The Morgan fingerprint density at radius 3 is 2.75 bits per heavy atom. The van der Waals surface area contributed by atoms with Gasteiger partial charge in [-0.2, -0.15) is 0 Å². The predicted octanol–water partition coefficient (Wildman–Crippen LogP) is 5.03. The summed E-state index contributed by atoms with van der Waals surface area (Å²) < 4.78 is 13.1. The van der Waals surface area contributed by atoms with Gasteiger partial charge in [-0.25, -0.2) is 0 Å². The van der Waals surface area contributed by atoms with E-state index in [4.69, 9.17) is 9.15 Å². The van der Waals surface area contributed by atoms with E-state index in [2.05, 4.69) is 14.8 Å². The average molecular weight is 398 g/mol. The number of aromatic nitrogens is 3. The van der Waals surface area contributed by atoms with Crippen molar-refractivity contribution in [2.45, 2.75) is 43.3 Å². The molecule has 2 heterocycles. The number of Topliss-reactive ketones (excluding diaryl/α,β-unsaturated/α-hetero) is 1. The largest absolute Gasteiger partial charge is 0.496 e. The molecule has 6 nitrogen and oxygen atoms in total. The lowest BCUT2D eigenvalue weighted by molar-refractivity contribution is 0.101. The highest BCUT2D eigenvalue weighted by Gasteiger charge is 2.25. The fourth-order valence-electron chi connectivity index (χ4n) is 3.70. The van der Waals surface area contributed by atoms with E-state index in [1.165, 1.54) is 31.0 Å². The molecule has 4 rings (SSSR count). The Labute approximate surface area is 168 Å². The number of hydrogen-bond acceptors (Lipinski definition) is 6. The van der Waals surface area contributed by atoms with Gasteiger partial charge in [-0.15, -0.1) is 10.2 Å². The molecule has 1 aliphatic carbocycles. The fraction of sp³-hybridized carbons (Fsp3) is 0.381. The first-order valence-corrected chi connectivity index (χ1v) is 10.5. The lowest BCUT2D eigenvalue weighted by Crippen LogP contribution is -2.15. The molecule has 0 radical (unpaired) electrons. The second kappa shape index (κ2) is 8.65. The Kier molecular flexibility index (Phi) is 5.81. The number of carbonyl (C=O) groups excluding carboxylic acids is 1. The van der Waals surface area contributed by atoms with Crippen LogP contribution in [-0.2, 0) is 0 Å². The van der Waals surface area contributed by atoms with Gasteiger partial charge in [0, 0.05) is 6.04 Å². The lowest BCUT2D eigenvalue weighted by Gasteiger charge is -2.25. The average Bonchev–Trinajstić information content (AvgIpc) is 3.42. The summed E-state index contributed by atoms with van der Waals surface area (Å²) in [6.45, 7) is 0. The minimum absolute atomic E-state index is 0.0141. The van der Waals surface area contributed by atoms with E-state index in [9.17, 15) is 4.79 Å². The van der Waals surface area contributed by atoms with Gasteiger partial charge in [-0.05, 0) is 37.1 Å². The van der Waals surface area contributed by atoms with Gasteiger partial charge >= 0.3 is 0 Å². The van der Waals surface area contributed by atoms with Gasteiger partial charge in [-0.1, -0.05) is 43.2 Å². The van der Waals surface area contributed by atoms with Gasteiger partial charge < -0.3 is 9.15 Å². The van der Waals surface area contributed by atoms with Crippen LogP contribution >= 0.6 is 11.8 Å². The van der Waals surface area contributed by atoms with Gasteiger partial charge in [0.05, 0.1) is 24.7 Å².